The van der Waals surface area contributed by atoms with Crippen LogP contribution in [0.1, 0.15) is 6.42 Å². The van der Waals surface area contributed by atoms with E-state index in [1.54, 1.807) is 6.07 Å². The van der Waals surface area contributed by atoms with Crippen molar-refractivity contribution in [2.24, 2.45) is 35.5 Å². The number of carbonyl (C=O) groups excluding carboxylic acids is 2. The van der Waals surface area contributed by atoms with Crippen LogP contribution in [0, 0.1) is 45.6 Å². The van der Waals surface area contributed by atoms with Gasteiger partial charge in [0.2, 0.25) is 11.8 Å². The number of carbonyl (C=O) groups is 2. The van der Waals surface area contributed by atoms with E-state index in [-0.39, 0.29) is 46.9 Å². The Hall–Kier alpha value is -2.02. The molecule has 1 saturated heterocycles. The van der Waals surface area contributed by atoms with E-state index >= 15 is 0 Å². The fraction of sp³-hybridized carbons (Fsp3) is 0.412. The van der Waals surface area contributed by atoms with Crippen LogP contribution in [0.25, 0.3) is 0 Å². The zero-order valence-electron chi connectivity index (χ0n) is 12.5. The van der Waals surface area contributed by atoms with E-state index in [0.717, 1.165) is 11.3 Å². The largest absolute Gasteiger partial charge is 0.294 e. The van der Waals surface area contributed by atoms with Gasteiger partial charge in [0.15, 0.2) is 0 Å². The monoisotopic (exact) mass is 388 g/mol. The fourth-order valence-corrected chi connectivity index (χ4v) is 5.38. The standard InChI is InChI=1S/C17H13BrN2O4/c18-7-1-4-12(13(5-7)20(23)24)19-16(21)14-8-2-3-9(11-6-10(8)11)15(14)17(19)22/h1-5,8-11,14-15H,6H2/t8-,9-,10-,11+,14-,15-/m1/s1. The SMILES string of the molecule is O=C1[C@@H]2[C@@H]3C=C[C@H]([C@@H]4C[C@H]34)[C@H]2C(=O)N1c1ccc(Br)cc1[N+](=O)[O-]. The molecule has 6 nitrogen and oxygen atoms in total. The molecule has 1 heterocycles. The molecule has 6 rings (SSSR count). The van der Waals surface area contributed by atoms with Crippen LogP contribution in [0.3, 0.4) is 0 Å². The molecule has 2 saturated carbocycles. The number of anilines is 1. The number of hydrogen-bond acceptors (Lipinski definition) is 4. The van der Waals surface area contributed by atoms with Crippen LogP contribution in [0.15, 0.2) is 34.8 Å². The summed E-state index contributed by atoms with van der Waals surface area (Å²) in [7, 11) is 0. The Kier molecular flexibility index (Phi) is 2.71. The molecule has 2 bridgehead atoms. The maximum Gasteiger partial charge on any atom is 0.294 e. The van der Waals surface area contributed by atoms with Gasteiger partial charge >= 0.3 is 0 Å². The Bertz CT molecular complexity index is 815. The molecule has 24 heavy (non-hydrogen) atoms. The average Bonchev–Trinajstić information content (AvgIpc) is 3.33. The van der Waals surface area contributed by atoms with Gasteiger partial charge in [-0.2, -0.15) is 0 Å². The van der Waals surface area contributed by atoms with Crippen molar-refractivity contribution in [2.45, 2.75) is 6.42 Å². The summed E-state index contributed by atoms with van der Waals surface area (Å²) in [6, 6.07) is 4.43. The second-order valence-electron chi connectivity index (χ2n) is 7.06. The lowest BCUT2D eigenvalue weighted by Crippen LogP contribution is -2.40. The molecule has 1 aromatic carbocycles. The van der Waals surface area contributed by atoms with Crippen LogP contribution in [-0.4, -0.2) is 16.7 Å². The Morgan fingerprint density at radius 3 is 2.21 bits per heavy atom. The number of allylic oxidation sites excluding steroid dienone is 2. The number of benzene rings is 1. The predicted molar refractivity (Wildman–Crippen MR) is 88.0 cm³/mol. The van der Waals surface area contributed by atoms with E-state index in [4.69, 9.17) is 0 Å². The third-order valence-electron chi connectivity index (χ3n) is 6.04. The molecule has 4 aliphatic carbocycles. The van der Waals surface area contributed by atoms with Gasteiger partial charge in [-0.3, -0.25) is 19.7 Å². The summed E-state index contributed by atoms with van der Waals surface area (Å²) in [5.74, 6) is -0.00290. The summed E-state index contributed by atoms with van der Waals surface area (Å²) in [6.45, 7) is 0. The third kappa shape index (κ3) is 1.65. The van der Waals surface area contributed by atoms with Crippen molar-refractivity contribution in [2.75, 3.05) is 4.90 Å². The molecule has 0 radical (unpaired) electrons. The summed E-state index contributed by atoms with van der Waals surface area (Å²) in [5.41, 5.74) is -0.143. The van der Waals surface area contributed by atoms with Gasteiger partial charge in [0.1, 0.15) is 5.69 Å². The molecule has 1 aromatic rings. The zero-order chi connectivity index (χ0) is 16.7. The smallest absolute Gasteiger partial charge is 0.274 e. The first-order valence-corrected chi connectivity index (χ1v) is 8.78. The van der Waals surface area contributed by atoms with Gasteiger partial charge < -0.3 is 0 Å². The Morgan fingerprint density at radius 2 is 1.67 bits per heavy atom. The van der Waals surface area contributed by atoms with Gasteiger partial charge in [0, 0.05) is 10.5 Å². The highest BCUT2D eigenvalue weighted by Crippen LogP contribution is 2.65. The summed E-state index contributed by atoms with van der Waals surface area (Å²) in [6.07, 6.45) is 5.27. The molecule has 0 spiro atoms. The molecular weight excluding hydrogens is 376 g/mol. The highest BCUT2D eigenvalue weighted by molar-refractivity contribution is 9.10. The highest BCUT2D eigenvalue weighted by atomic mass is 79.9. The summed E-state index contributed by atoms with van der Waals surface area (Å²) in [4.78, 5) is 37.9. The lowest BCUT2D eigenvalue weighted by molar-refractivity contribution is -0.384. The molecule has 0 unspecified atom stereocenters. The first-order chi connectivity index (χ1) is 11.5. The van der Waals surface area contributed by atoms with Gasteiger partial charge in [0.05, 0.1) is 16.8 Å². The number of imide groups is 1. The summed E-state index contributed by atoms with van der Waals surface area (Å²) >= 11 is 3.20. The molecule has 0 aromatic heterocycles. The van der Waals surface area contributed by atoms with Crippen molar-refractivity contribution in [3.8, 4) is 0 Å². The van der Waals surface area contributed by atoms with Crippen molar-refractivity contribution in [3.05, 3.63) is 44.9 Å². The molecule has 7 heteroatoms. The molecule has 6 atom stereocenters. The normalized spacial score (nSPS) is 38.3. The quantitative estimate of drug-likeness (QED) is 0.337. The van der Waals surface area contributed by atoms with E-state index in [1.165, 1.54) is 12.1 Å². The number of halogens is 1. The van der Waals surface area contributed by atoms with Crippen molar-refractivity contribution in [1.82, 2.24) is 0 Å². The van der Waals surface area contributed by atoms with Gasteiger partial charge in [-0.25, -0.2) is 4.90 Å². The highest BCUT2D eigenvalue weighted by Gasteiger charge is 2.67. The molecule has 0 N–H and O–H groups in total. The average molecular weight is 389 g/mol. The molecule has 2 amide bonds. The minimum absolute atomic E-state index is 0.0840. The Balaban J connectivity index is 1.61. The zero-order valence-corrected chi connectivity index (χ0v) is 14.0. The first kappa shape index (κ1) is 14.3. The van der Waals surface area contributed by atoms with Gasteiger partial charge in [-0.05, 0) is 42.2 Å². The van der Waals surface area contributed by atoms with E-state index < -0.39 is 4.92 Å². The minimum atomic E-state index is -0.549. The van der Waals surface area contributed by atoms with Crippen molar-refractivity contribution in [1.29, 1.82) is 0 Å². The van der Waals surface area contributed by atoms with Crippen molar-refractivity contribution in [3.63, 3.8) is 0 Å². The van der Waals surface area contributed by atoms with Crippen molar-refractivity contribution < 1.29 is 14.5 Å². The third-order valence-corrected chi connectivity index (χ3v) is 6.53. The Morgan fingerprint density at radius 1 is 1.08 bits per heavy atom. The second kappa shape index (κ2) is 4.53. The maximum absolute atomic E-state index is 13.0. The van der Waals surface area contributed by atoms with Crippen LogP contribution < -0.4 is 4.90 Å². The van der Waals surface area contributed by atoms with Crippen LogP contribution in [-0.2, 0) is 9.59 Å². The number of amides is 2. The van der Waals surface area contributed by atoms with Gasteiger partial charge in [-0.1, -0.05) is 28.1 Å². The Labute approximate surface area is 145 Å². The molecule has 1 aliphatic heterocycles. The second-order valence-corrected chi connectivity index (χ2v) is 7.97. The van der Waals surface area contributed by atoms with Crippen molar-refractivity contribution >= 4 is 39.1 Å². The maximum atomic E-state index is 13.0. The number of nitro benzene ring substituents is 1. The summed E-state index contributed by atoms with van der Waals surface area (Å²) in [5, 5.41) is 11.4. The lowest BCUT2D eigenvalue weighted by atomic mass is 9.63. The number of nitrogens with zero attached hydrogens (tertiary/aromatic N) is 2. The van der Waals surface area contributed by atoms with Crippen LogP contribution in [0.4, 0.5) is 11.4 Å². The lowest BCUT2D eigenvalue weighted by Gasteiger charge is -2.37. The predicted octanol–water partition coefficient (Wildman–Crippen LogP) is 2.91. The van der Waals surface area contributed by atoms with E-state index in [1.807, 2.05) is 0 Å². The number of nitro groups is 1. The van der Waals surface area contributed by atoms with E-state index in [2.05, 4.69) is 28.1 Å². The molecule has 122 valence electrons. The molecule has 5 aliphatic rings. The van der Waals surface area contributed by atoms with Crippen LogP contribution in [0.5, 0.6) is 0 Å². The molecule has 3 fully saturated rings. The van der Waals surface area contributed by atoms with Gasteiger partial charge in [0.25, 0.3) is 5.69 Å². The molecular formula is C17H13BrN2O4. The van der Waals surface area contributed by atoms with E-state index in [9.17, 15) is 19.7 Å². The number of rotatable bonds is 2. The first-order valence-electron chi connectivity index (χ1n) is 7.99. The topological polar surface area (TPSA) is 80.5 Å². The van der Waals surface area contributed by atoms with Gasteiger partial charge in [-0.15, -0.1) is 0 Å². The minimum Gasteiger partial charge on any atom is -0.274 e. The van der Waals surface area contributed by atoms with Crippen LogP contribution >= 0.6 is 15.9 Å². The number of hydrogen-bond donors (Lipinski definition) is 0. The van der Waals surface area contributed by atoms with E-state index in [0.29, 0.717) is 16.3 Å². The van der Waals surface area contributed by atoms with Crippen LogP contribution in [0.2, 0.25) is 0 Å². The summed E-state index contributed by atoms with van der Waals surface area (Å²) < 4.78 is 0.539. The fourth-order valence-electron chi connectivity index (χ4n) is 5.03.